The van der Waals surface area contributed by atoms with E-state index in [1.54, 1.807) is 6.07 Å². The average Bonchev–Trinajstić information content (AvgIpc) is 3.36. The van der Waals surface area contributed by atoms with Gasteiger partial charge in [0.05, 0.1) is 12.7 Å². The van der Waals surface area contributed by atoms with Gasteiger partial charge in [0.25, 0.3) is 0 Å². The lowest BCUT2D eigenvalue weighted by molar-refractivity contribution is -0.162. The van der Waals surface area contributed by atoms with Crippen molar-refractivity contribution in [2.45, 2.75) is 77.1 Å². The lowest BCUT2D eigenvalue weighted by Crippen LogP contribution is -2.33. The van der Waals surface area contributed by atoms with E-state index in [9.17, 15) is 9.59 Å². The lowest BCUT2D eigenvalue weighted by Gasteiger charge is -2.32. The second-order valence-electron chi connectivity index (χ2n) is 8.76. The molecule has 2 fully saturated rings. The van der Waals surface area contributed by atoms with E-state index >= 15 is 0 Å². The molecule has 1 spiro atoms. The van der Waals surface area contributed by atoms with Gasteiger partial charge in [-0.25, -0.2) is 0 Å². The number of halogens is 1. The number of dihydropyridines is 1. The van der Waals surface area contributed by atoms with E-state index in [2.05, 4.69) is 5.32 Å². The molecule has 2 unspecified atom stereocenters. The molecular weight excluding hydrogens is 414 g/mol. The molecule has 0 aromatic heterocycles. The fourth-order valence-electron chi connectivity index (χ4n) is 5.15. The summed E-state index contributed by atoms with van der Waals surface area (Å²) in [4.78, 5) is 26.5. The molecule has 1 aromatic rings. The first-order valence-electron chi connectivity index (χ1n) is 11.2. The number of ether oxygens (including phenoxy) is 2. The molecule has 5 nitrogen and oxygen atoms in total. The van der Waals surface area contributed by atoms with Gasteiger partial charge in [-0.15, -0.1) is 0 Å². The minimum absolute atomic E-state index is 0.0208. The van der Waals surface area contributed by atoms with Crippen LogP contribution in [-0.4, -0.2) is 30.1 Å². The number of nitrogens with one attached hydrogen (secondary N) is 1. The van der Waals surface area contributed by atoms with Crippen molar-refractivity contribution in [3.8, 4) is 0 Å². The Balaban J connectivity index is 1.66. The summed E-state index contributed by atoms with van der Waals surface area (Å²) in [5, 5.41) is 3.86. The van der Waals surface area contributed by atoms with Gasteiger partial charge >= 0.3 is 0 Å². The maximum Gasteiger partial charge on any atom is 0.168 e. The molecule has 1 saturated carbocycles. The van der Waals surface area contributed by atoms with Gasteiger partial charge in [-0.05, 0) is 44.4 Å². The third-order valence-electron chi connectivity index (χ3n) is 6.56. The van der Waals surface area contributed by atoms with E-state index in [1.807, 2.05) is 39.0 Å². The number of carbonyl (C=O) groups excluding carboxylic acids is 2. The molecule has 3 aliphatic rings. The molecule has 4 rings (SSSR count). The molecule has 2 atom stereocenters. The Hall–Kier alpha value is -1.95. The molecule has 31 heavy (non-hydrogen) atoms. The maximum absolute atomic E-state index is 13.6. The summed E-state index contributed by atoms with van der Waals surface area (Å²) >= 11 is 6.28. The summed E-state index contributed by atoms with van der Waals surface area (Å²) < 4.78 is 12.2. The van der Waals surface area contributed by atoms with Gasteiger partial charge in [-0.2, -0.15) is 0 Å². The Morgan fingerprint density at radius 2 is 1.81 bits per heavy atom. The third kappa shape index (κ3) is 4.36. The highest BCUT2D eigenvalue weighted by atomic mass is 35.5. The van der Waals surface area contributed by atoms with E-state index in [0.29, 0.717) is 29.2 Å². The number of ketones is 2. The van der Waals surface area contributed by atoms with Crippen molar-refractivity contribution in [3.63, 3.8) is 0 Å². The minimum Gasteiger partial charge on any atom is -0.362 e. The predicted molar refractivity (Wildman–Crippen MR) is 120 cm³/mol. The predicted octanol–water partition coefficient (Wildman–Crippen LogP) is 5.20. The van der Waals surface area contributed by atoms with Gasteiger partial charge in [-0.1, -0.05) is 30.7 Å². The molecule has 1 N–H and O–H groups in total. The first kappa shape index (κ1) is 22.3. The standard InChI is InChI=1S/C25H30ClNO4/c1-4-20(28)22-15(2)27-16(3)23(24(22)17-8-7-9-18(26)12-17)21(29)13-19-14-30-25(31-19)10-5-6-11-25/h7-9,12,19,24,27H,4-6,10-11,13-14H2,1-3H3. The third-order valence-corrected chi connectivity index (χ3v) is 6.79. The summed E-state index contributed by atoms with van der Waals surface area (Å²) in [5.74, 6) is -0.931. The summed E-state index contributed by atoms with van der Waals surface area (Å²) in [6.07, 6.45) is 4.32. The van der Waals surface area contributed by atoms with Gasteiger partial charge in [0, 0.05) is 59.2 Å². The quantitative estimate of drug-likeness (QED) is 0.654. The van der Waals surface area contributed by atoms with Crippen LogP contribution in [0.2, 0.25) is 5.02 Å². The zero-order valence-corrected chi connectivity index (χ0v) is 19.2. The van der Waals surface area contributed by atoms with Crippen LogP contribution in [0.15, 0.2) is 46.8 Å². The van der Waals surface area contributed by atoms with Crippen molar-refractivity contribution >= 4 is 23.2 Å². The fourth-order valence-corrected chi connectivity index (χ4v) is 5.35. The Morgan fingerprint density at radius 1 is 1.13 bits per heavy atom. The van der Waals surface area contributed by atoms with Crippen LogP contribution >= 0.6 is 11.6 Å². The van der Waals surface area contributed by atoms with Crippen LogP contribution in [0.1, 0.15) is 70.8 Å². The van der Waals surface area contributed by atoms with E-state index in [-0.39, 0.29) is 24.1 Å². The molecule has 1 saturated heterocycles. The summed E-state index contributed by atoms with van der Waals surface area (Å²) in [6, 6.07) is 7.43. The van der Waals surface area contributed by atoms with Gasteiger partial charge < -0.3 is 14.8 Å². The van der Waals surface area contributed by atoms with E-state index in [4.69, 9.17) is 21.1 Å². The van der Waals surface area contributed by atoms with Crippen molar-refractivity contribution in [2.24, 2.45) is 0 Å². The number of rotatable bonds is 6. The van der Waals surface area contributed by atoms with Crippen LogP contribution in [0.25, 0.3) is 0 Å². The number of hydrogen-bond acceptors (Lipinski definition) is 5. The van der Waals surface area contributed by atoms with E-state index in [0.717, 1.165) is 42.6 Å². The van der Waals surface area contributed by atoms with Crippen molar-refractivity contribution in [1.82, 2.24) is 5.32 Å². The largest absolute Gasteiger partial charge is 0.362 e. The van der Waals surface area contributed by atoms with Gasteiger partial charge in [0.2, 0.25) is 0 Å². The number of hydrogen-bond donors (Lipinski definition) is 1. The maximum atomic E-state index is 13.6. The Labute approximate surface area is 188 Å². The molecule has 1 aliphatic carbocycles. The van der Waals surface area contributed by atoms with Gasteiger partial charge in [-0.3, -0.25) is 9.59 Å². The number of carbonyl (C=O) groups is 2. The second-order valence-corrected chi connectivity index (χ2v) is 9.20. The topological polar surface area (TPSA) is 64.6 Å². The molecule has 6 heteroatoms. The number of allylic oxidation sites excluding steroid dienone is 4. The zero-order valence-electron chi connectivity index (χ0n) is 18.4. The first-order chi connectivity index (χ1) is 14.8. The van der Waals surface area contributed by atoms with Gasteiger partial charge in [0.15, 0.2) is 17.4 Å². The molecule has 166 valence electrons. The van der Waals surface area contributed by atoms with Crippen LogP contribution in [0.3, 0.4) is 0 Å². The van der Waals surface area contributed by atoms with Crippen LogP contribution in [0, 0.1) is 0 Å². The summed E-state index contributed by atoms with van der Waals surface area (Å²) in [5.41, 5.74) is 3.66. The van der Waals surface area contributed by atoms with Crippen LogP contribution in [0.4, 0.5) is 0 Å². The normalized spacial score (nSPS) is 25.3. The monoisotopic (exact) mass is 443 g/mol. The highest BCUT2D eigenvalue weighted by Gasteiger charge is 2.45. The molecule has 1 aromatic carbocycles. The minimum atomic E-state index is -0.495. The summed E-state index contributed by atoms with van der Waals surface area (Å²) in [6.45, 7) is 6.06. The fraction of sp³-hybridized carbons (Fsp3) is 0.520. The highest BCUT2D eigenvalue weighted by Crippen LogP contribution is 2.43. The Bertz CT molecular complexity index is 958. The lowest BCUT2D eigenvalue weighted by atomic mass is 9.76. The van der Waals surface area contributed by atoms with Crippen LogP contribution < -0.4 is 5.32 Å². The Kier molecular flexibility index (Phi) is 6.38. The van der Waals surface area contributed by atoms with Crippen LogP contribution in [0.5, 0.6) is 0 Å². The molecule has 0 bridgehead atoms. The van der Waals surface area contributed by atoms with Crippen molar-refractivity contribution in [1.29, 1.82) is 0 Å². The van der Waals surface area contributed by atoms with Crippen molar-refractivity contribution in [3.05, 3.63) is 57.4 Å². The zero-order chi connectivity index (χ0) is 22.2. The smallest absolute Gasteiger partial charge is 0.168 e. The number of Topliss-reactive ketones (excluding diaryl/α,β-unsaturated/α-hetero) is 2. The van der Waals surface area contributed by atoms with E-state index < -0.39 is 11.7 Å². The van der Waals surface area contributed by atoms with Crippen molar-refractivity contribution < 1.29 is 19.1 Å². The number of benzene rings is 1. The van der Waals surface area contributed by atoms with Crippen molar-refractivity contribution in [2.75, 3.05) is 6.61 Å². The molecular formula is C25H30ClNO4. The van der Waals surface area contributed by atoms with E-state index in [1.165, 1.54) is 0 Å². The van der Waals surface area contributed by atoms with Crippen LogP contribution in [-0.2, 0) is 19.1 Å². The molecule has 2 aliphatic heterocycles. The SMILES string of the molecule is CCC(=O)C1=C(C)NC(C)=C(C(=O)CC2COC3(CCCC3)O2)C1c1cccc(Cl)c1. The summed E-state index contributed by atoms with van der Waals surface area (Å²) in [7, 11) is 0. The average molecular weight is 444 g/mol. The molecule has 0 radical (unpaired) electrons. The molecule has 2 heterocycles. The second kappa shape index (κ2) is 8.89. The molecule has 0 amide bonds. The van der Waals surface area contributed by atoms with Gasteiger partial charge in [0.1, 0.15) is 0 Å². The Morgan fingerprint density at radius 3 is 2.45 bits per heavy atom. The highest BCUT2D eigenvalue weighted by molar-refractivity contribution is 6.30. The first-order valence-corrected chi connectivity index (χ1v) is 11.5.